The summed E-state index contributed by atoms with van der Waals surface area (Å²) >= 11 is 1.71. The molecule has 0 N–H and O–H groups in total. The van der Waals surface area contributed by atoms with Crippen LogP contribution in [0.2, 0.25) is 0 Å². The number of thiazole rings is 1. The smallest absolute Gasteiger partial charge is 0.123 e. The van der Waals surface area contributed by atoms with E-state index in [0.29, 0.717) is 0 Å². The number of hydrogen-bond donors (Lipinski definition) is 0. The molecule has 0 aliphatic heterocycles. The molecule has 0 unspecified atom stereocenters. The number of nitrogens with zero attached hydrogens (tertiary/aromatic N) is 3. The Hall–Kier alpha value is -3.50. The van der Waals surface area contributed by atoms with Crippen LogP contribution in [0.3, 0.4) is 0 Å². The van der Waals surface area contributed by atoms with Crippen molar-refractivity contribution in [3.05, 3.63) is 127 Å². The van der Waals surface area contributed by atoms with Crippen LogP contribution in [0.4, 0.5) is 0 Å². The van der Waals surface area contributed by atoms with Crippen LogP contribution in [0.25, 0.3) is 43.3 Å². The molecule has 0 saturated heterocycles. The van der Waals surface area contributed by atoms with Crippen LogP contribution < -0.4 is 0 Å². The van der Waals surface area contributed by atoms with E-state index in [1.807, 2.05) is 104 Å². The van der Waals surface area contributed by atoms with Crippen LogP contribution in [0.1, 0.15) is 5.69 Å². The van der Waals surface area contributed by atoms with E-state index in [9.17, 15) is 0 Å². The number of para-hydroxylation sites is 1. The first kappa shape index (κ1) is 24.6. The van der Waals surface area contributed by atoms with Crippen LogP contribution in [-0.4, -0.2) is 15.0 Å². The zero-order valence-corrected chi connectivity index (χ0v) is 22.2. The van der Waals surface area contributed by atoms with Gasteiger partial charge in [-0.1, -0.05) is 30.3 Å². The van der Waals surface area contributed by atoms with Gasteiger partial charge in [0.2, 0.25) is 0 Å². The van der Waals surface area contributed by atoms with Gasteiger partial charge in [-0.05, 0) is 42.6 Å². The molecule has 0 aliphatic carbocycles. The van der Waals surface area contributed by atoms with Crippen molar-refractivity contribution < 1.29 is 20.1 Å². The van der Waals surface area contributed by atoms with Gasteiger partial charge in [0.15, 0.2) is 0 Å². The Kier molecular flexibility index (Phi) is 8.27. The Morgan fingerprint density at radius 2 is 1.40 bits per heavy atom. The fraction of sp³-hybridized carbons (Fsp3) is 0.0333. The molecule has 6 rings (SSSR count). The van der Waals surface area contributed by atoms with E-state index in [4.69, 9.17) is 4.98 Å². The summed E-state index contributed by atoms with van der Waals surface area (Å²) in [6.45, 7) is 1.99. The summed E-state index contributed by atoms with van der Waals surface area (Å²) in [7, 11) is 0. The van der Waals surface area contributed by atoms with Crippen molar-refractivity contribution in [2.75, 3.05) is 0 Å². The van der Waals surface area contributed by atoms with Crippen molar-refractivity contribution in [1.29, 1.82) is 0 Å². The number of fused-ring (bicyclic) bond motifs is 1. The van der Waals surface area contributed by atoms with Gasteiger partial charge in [-0.3, -0.25) is 0 Å². The predicted molar refractivity (Wildman–Crippen MR) is 140 cm³/mol. The Morgan fingerprint density at radius 3 is 2.09 bits per heavy atom. The number of hydrogen-bond acceptors (Lipinski definition) is 4. The molecule has 5 heteroatoms. The molecule has 0 aliphatic rings. The monoisotopic (exact) mass is 648 g/mol. The summed E-state index contributed by atoms with van der Waals surface area (Å²) < 4.78 is 1.21. The Balaban J connectivity index is 0.000000179. The Morgan fingerprint density at radius 1 is 0.686 bits per heavy atom. The molecule has 0 spiro atoms. The van der Waals surface area contributed by atoms with Gasteiger partial charge < -0.3 is 9.97 Å². The first-order valence-electron chi connectivity index (χ1n) is 11.0. The Bertz CT molecular complexity index is 1480. The van der Waals surface area contributed by atoms with Crippen LogP contribution in [0.5, 0.6) is 0 Å². The minimum atomic E-state index is 0. The van der Waals surface area contributed by atoms with E-state index in [2.05, 4.69) is 34.2 Å². The molecule has 6 aromatic rings. The van der Waals surface area contributed by atoms with Crippen molar-refractivity contribution >= 4 is 21.6 Å². The maximum absolute atomic E-state index is 4.70. The molecule has 1 radical (unpaired) electrons. The molecule has 0 amide bonds. The summed E-state index contributed by atoms with van der Waals surface area (Å²) in [6, 6.07) is 40.4. The molecule has 0 saturated carbocycles. The topological polar surface area (TPSA) is 38.7 Å². The summed E-state index contributed by atoms with van der Waals surface area (Å²) in [5, 5.41) is 1.02. The van der Waals surface area contributed by atoms with Gasteiger partial charge in [0.1, 0.15) is 5.01 Å². The average molecular weight is 648 g/mol. The van der Waals surface area contributed by atoms with Crippen molar-refractivity contribution in [1.82, 2.24) is 15.0 Å². The predicted octanol–water partition coefficient (Wildman–Crippen LogP) is 7.68. The molecular weight excluding hydrogens is 627 g/mol. The van der Waals surface area contributed by atoms with Crippen molar-refractivity contribution in [3.63, 3.8) is 0 Å². The second kappa shape index (κ2) is 11.8. The van der Waals surface area contributed by atoms with E-state index in [-0.39, 0.29) is 20.1 Å². The quantitative estimate of drug-likeness (QED) is 0.185. The second-order valence-corrected chi connectivity index (χ2v) is 8.66. The van der Waals surface area contributed by atoms with Gasteiger partial charge in [-0.2, -0.15) is 0 Å². The van der Waals surface area contributed by atoms with E-state index in [0.717, 1.165) is 44.3 Å². The summed E-state index contributed by atoms with van der Waals surface area (Å²) in [5.41, 5.74) is 7.13. The average Bonchev–Trinajstić information content (AvgIpc) is 3.35. The number of pyridine rings is 2. The third-order valence-corrected chi connectivity index (χ3v) is 6.24. The molecule has 3 nitrogen and oxygen atoms in total. The number of rotatable bonds is 3. The van der Waals surface area contributed by atoms with Gasteiger partial charge >= 0.3 is 0 Å². The SMILES string of the molecule is Cc1cccc(-c2[c-]cccc2)n1.[Ir].[c-]1ccccc1-c1cc(-c2nc3ccccc3s2)ccn1. The van der Waals surface area contributed by atoms with E-state index in [1.165, 1.54) is 4.70 Å². The maximum atomic E-state index is 4.70. The zero-order valence-electron chi connectivity index (χ0n) is 19.0. The third-order valence-electron chi connectivity index (χ3n) is 5.16. The minimum Gasteiger partial charge on any atom is -0.305 e. The van der Waals surface area contributed by atoms with Crippen LogP contribution in [-0.2, 0) is 20.1 Å². The molecule has 3 heterocycles. The first-order valence-corrected chi connectivity index (χ1v) is 11.8. The van der Waals surface area contributed by atoms with Gasteiger partial charge in [-0.15, -0.1) is 83.1 Å². The number of aryl methyl sites for hydroxylation is 1. The molecule has 0 atom stereocenters. The number of aromatic nitrogens is 3. The second-order valence-electron chi connectivity index (χ2n) is 7.63. The van der Waals surface area contributed by atoms with Gasteiger partial charge in [0.25, 0.3) is 0 Å². The summed E-state index contributed by atoms with van der Waals surface area (Å²) in [4.78, 5) is 13.5. The number of benzene rings is 3. The standard InChI is InChI=1S/C18H11N2S.C12H10N.Ir/c1-2-6-13(7-3-1)16-12-14(10-11-19-16)18-20-15-8-4-5-9-17(15)21-18;1-10-6-5-9-12(13-10)11-7-3-2-4-8-11;/h1-6,8-12H;2-7,9H,1H3;/q2*-1;. The molecule has 3 aromatic heterocycles. The van der Waals surface area contributed by atoms with E-state index >= 15 is 0 Å². The molecule has 0 fully saturated rings. The Labute approximate surface area is 222 Å². The third kappa shape index (κ3) is 6.14. The fourth-order valence-electron chi connectivity index (χ4n) is 3.50. The van der Waals surface area contributed by atoms with Crippen LogP contribution >= 0.6 is 11.3 Å². The van der Waals surface area contributed by atoms with E-state index in [1.54, 1.807) is 11.3 Å². The zero-order chi connectivity index (χ0) is 23.2. The van der Waals surface area contributed by atoms with Gasteiger partial charge in [0.05, 0.1) is 10.2 Å². The summed E-state index contributed by atoms with van der Waals surface area (Å²) in [6.07, 6.45) is 1.83. The van der Waals surface area contributed by atoms with E-state index < -0.39 is 0 Å². The van der Waals surface area contributed by atoms with Gasteiger partial charge in [-0.25, -0.2) is 4.98 Å². The van der Waals surface area contributed by atoms with Crippen molar-refractivity contribution in [2.24, 2.45) is 0 Å². The largest absolute Gasteiger partial charge is 0.305 e. The van der Waals surface area contributed by atoms with Crippen molar-refractivity contribution in [3.8, 4) is 33.1 Å². The first-order chi connectivity index (χ1) is 16.8. The normalized spacial score (nSPS) is 10.2. The fourth-order valence-corrected chi connectivity index (χ4v) is 4.47. The molecule has 35 heavy (non-hydrogen) atoms. The van der Waals surface area contributed by atoms with Crippen molar-refractivity contribution in [2.45, 2.75) is 6.92 Å². The molecule has 0 bridgehead atoms. The van der Waals surface area contributed by atoms with Crippen LogP contribution in [0.15, 0.2) is 109 Å². The van der Waals surface area contributed by atoms with Crippen LogP contribution in [0, 0.1) is 19.1 Å². The molecule has 173 valence electrons. The molecule has 3 aromatic carbocycles. The maximum Gasteiger partial charge on any atom is 0.123 e. The summed E-state index contributed by atoms with van der Waals surface area (Å²) in [5.74, 6) is 0. The molecular formula is C30H21IrN3S-2. The minimum absolute atomic E-state index is 0. The van der Waals surface area contributed by atoms with Gasteiger partial charge in [0, 0.05) is 37.6 Å².